The molecule has 1 amide bonds. The maximum absolute atomic E-state index is 12.8. The monoisotopic (exact) mass is 466 g/mol. The molecule has 168 valence electrons. The van der Waals surface area contributed by atoms with Crippen LogP contribution in [-0.4, -0.2) is 45.9 Å². The van der Waals surface area contributed by atoms with Crippen LogP contribution in [0.2, 0.25) is 5.02 Å². The first-order valence-electron chi connectivity index (χ1n) is 10.0. The van der Waals surface area contributed by atoms with Gasteiger partial charge in [-0.15, -0.1) is 0 Å². The Kier molecular flexibility index (Phi) is 7.46. The molecule has 0 bridgehead atoms. The SMILES string of the molecule is COc1ccc(OC)c([C@@H](C)NC(=O)C2CCN(S(=O)(=O)c3ccc(Cl)cc3)CC2)c1. The van der Waals surface area contributed by atoms with Crippen LogP contribution in [0, 0.1) is 5.92 Å². The molecule has 1 heterocycles. The van der Waals surface area contributed by atoms with Gasteiger partial charge in [0.2, 0.25) is 15.9 Å². The number of carbonyl (C=O) groups is 1. The standard InChI is InChI=1S/C22H27ClN2O5S/c1-15(20-14-18(29-2)6-9-21(20)30-3)24-22(26)16-10-12-25(13-11-16)31(27,28)19-7-4-17(23)5-8-19/h4-9,14-16H,10-13H2,1-3H3,(H,24,26)/t15-/m1/s1. The Bertz CT molecular complexity index is 1020. The fourth-order valence-corrected chi connectivity index (χ4v) is 5.30. The summed E-state index contributed by atoms with van der Waals surface area (Å²) in [5.41, 5.74) is 0.818. The molecule has 1 atom stereocenters. The van der Waals surface area contributed by atoms with Crippen molar-refractivity contribution in [2.45, 2.75) is 30.7 Å². The summed E-state index contributed by atoms with van der Waals surface area (Å²) >= 11 is 5.86. The van der Waals surface area contributed by atoms with E-state index in [-0.39, 0.29) is 22.8 Å². The van der Waals surface area contributed by atoms with Gasteiger partial charge in [0, 0.05) is 29.6 Å². The van der Waals surface area contributed by atoms with Crippen molar-refractivity contribution < 1.29 is 22.7 Å². The number of methoxy groups -OCH3 is 2. The minimum atomic E-state index is -3.60. The van der Waals surface area contributed by atoms with Crippen molar-refractivity contribution in [3.63, 3.8) is 0 Å². The van der Waals surface area contributed by atoms with E-state index in [2.05, 4.69) is 5.32 Å². The van der Waals surface area contributed by atoms with Crippen molar-refractivity contribution in [3.8, 4) is 11.5 Å². The molecule has 3 rings (SSSR count). The first-order chi connectivity index (χ1) is 14.8. The highest BCUT2D eigenvalue weighted by Crippen LogP contribution is 2.30. The third-order valence-electron chi connectivity index (χ3n) is 5.54. The van der Waals surface area contributed by atoms with Crippen molar-refractivity contribution >= 4 is 27.5 Å². The first kappa shape index (κ1) is 23.4. The van der Waals surface area contributed by atoms with Gasteiger partial charge in [-0.1, -0.05) is 11.6 Å². The largest absolute Gasteiger partial charge is 0.497 e. The maximum Gasteiger partial charge on any atom is 0.243 e. The molecule has 7 nitrogen and oxygen atoms in total. The van der Waals surface area contributed by atoms with Gasteiger partial charge >= 0.3 is 0 Å². The Morgan fingerprint density at radius 3 is 2.32 bits per heavy atom. The van der Waals surface area contributed by atoms with Crippen molar-refractivity contribution in [1.82, 2.24) is 9.62 Å². The number of rotatable bonds is 7. The predicted molar refractivity (Wildman–Crippen MR) is 119 cm³/mol. The zero-order valence-electron chi connectivity index (χ0n) is 17.8. The molecular formula is C22H27ClN2O5S. The van der Waals surface area contributed by atoms with Gasteiger partial charge in [-0.2, -0.15) is 4.31 Å². The number of hydrogen-bond acceptors (Lipinski definition) is 5. The lowest BCUT2D eigenvalue weighted by molar-refractivity contribution is -0.126. The number of halogens is 1. The molecule has 1 saturated heterocycles. The Balaban J connectivity index is 1.62. The number of sulfonamides is 1. The van der Waals surface area contributed by atoms with Crippen LogP contribution in [0.4, 0.5) is 0 Å². The Hall–Kier alpha value is -2.29. The fraction of sp³-hybridized carbons (Fsp3) is 0.409. The van der Waals surface area contributed by atoms with Gasteiger partial charge in [0.05, 0.1) is 25.2 Å². The topological polar surface area (TPSA) is 84.9 Å². The van der Waals surface area contributed by atoms with Crippen LogP contribution in [0.15, 0.2) is 47.4 Å². The summed E-state index contributed by atoms with van der Waals surface area (Å²) in [6.07, 6.45) is 0.918. The second-order valence-electron chi connectivity index (χ2n) is 7.47. The average molecular weight is 467 g/mol. The molecule has 1 N–H and O–H groups in total. The molecule has 0 aliphatic carbocycles. The molecular weight excluding hydrogens is 440 g/mol. The average Bonchev–Trinajstić information content (AvgIpc) is 2.78. The number of carbonyl (C=O) groups excluding carboxylic acids is 1. The van der Waals surface area contributed by atoms with E-state index in [9.17, 15) is 13.2 Å². The van der Waals surface area contributed by atoms with Crippen LogP contribution in [-0.2, 0) is 14.8 Å². The van der Waals surface area contributed by atoms with E-state index < -0.39 is 10.0 Å². The molecule has 1 aliphatic rings. The van der Waals surface area contributed by atoms with E-state index >= 15 is 0 Å². The van der Waals surface area contributed by atoms with Crippen LogP contribution in [0.1, 0.15) is 31.4 Å². The minimum Gasteiger partial charge on any atom is -0.497 e. The zero-order valence-corrected chi connectivity index (χ0v) is 19.4. The number of piperidine rings is 1. The van der Waals surface area contributed by atoms with E-state index in [0.717, 1.165) is 5.56 Å². The molecule has 0 aromatic heterocycles. The van der Waals surface area contributed by atoms with Crippen LogP contribution in [0.5, 0.6) is 11.5 Å². The number of nitrogens with zero attached hydrogens (tertiary/aromatic N) is 1. The van der Waals surface area contributed by atoms with Crippen LogP contribution in [0.3, 0.4) is 0 Å². The number of nitrogens with one attached hydrogen (secondary N) is 1. The van der Waals surface area contributed by atoms with Gasteiger partial charge in [0.1, 0.15) is 11.5 Å². The normalized spacial score (nSPS) is 16.5. The quantitative estimate of drug-likeness (QED) is 0.673. The van der Waals surface area contributed by atoms with Crippen molar-refractivity contribution in [2.75, 3.05) is 27.3 Å². The van der Waals surface area contributed by atoms with Gasteiger partial charge in [-0.3, -0.25) is 4.79 Å². The first-order valence-corrected chi connectivity index (χ1v) is 11.9. The van der Waals surface area contributed by atoms with Gasteiger partial charge in [-0.05, 0) is 62.2 Å². The molecule has 1 aliphatic heterocycles. The van der Waals surface area contributed by atoms with Gasteiger partial charge < -0.3 is 14.8 Å². The lowest BCUT2D eigenvalue weighted by atomic mass is 9.96. The van der Waals surface area contributed by atoms with E-state index in [4.69, 9.17) is 21.1 Å². The molecule has 0 radical (unpaired) electrons. The Morgan fingerprint density at radius 2 is 1.74 bits per heavy atom. The van der Waals surface area contributed by atoms with Crippen LogP contribution < -0.4 is 14.8 Å². The lowest BCUT2D eigenvalue weighted by Crippen LogP contribution is -2.43. The second kappa shape index (κ2) is 9.89. The molecule has 9 heteroatoms. The third kappa shape index (κ3) is 5.31. The lowest BCUT2D eigenvalue weighted by Gasteiger charge is -2.31. The maximum atomic E-state index is 12.8. The van der Waals surface area contributed by atoms with E-state index in [1.54, 1.807) is 38.5 Å². The van der Waals surface area contributed by atoms with Gasteiger partial charge in [-0.25, -0.2) is 8.42 Å². The minimum absolute atomic E-state index is 0.0964. The zero-order chi connectivity index (χ0) is 22.6. The highest BCUT2D eigenvalue weighted by molar-refractivity contribution is 7.89. The summed E-state index contributed by atoms with van der Waals surface area (Å²) in [4.78, 5) is 13.0. The predicted octanol–water partition coefficient (Wildman–Crippen LogP) is 3.64. The molecule has 2 aromatic carbocycles. The van der Waals surface area contributed by atoms with Crippen LogP contribution >= 0.6 is 11.6 Å². The van der Waals surface area contributed by atoms with Gasteiger partial charge in [0.25, 0.3) is 0 Å². The Labute approximate surface area is 188 Å². The number of amides is 1. The summed E-state index contributed by atoms with van der Waals surface area (Å²) < 4.78 is 37.8. The molecule has 0 unspecified atom stereocenters. The molecule has 2 aromatic rings. The van der Waals surface area contributed by atoms with Crippen LogP contribution in [0.25, 0.3) is 0 Å². The molecule has 0 spiro atoms. The summed E-state index contributed by atoms with van der Waals surface area (Å²) in [7, 11) is -0.434. The van der Waals surface area contributed by atoms with E-state index in [1.165, 1.54) is 16.4 Å². The molecule has 31 heavy (non-hydrogen) atoms. The summed E-state index contributed by atoms with van der Waals surface area (Å²) in [5.74, 6) is 0.992. The van der Waals surface area contributed by atoms with Crippen molar-refractivity contribution in [3.05, 3.63) is 53.1 Å². The fourth-order valence-electron chi connectivity index (χ4n) is 3.70. The van der Waals surface area contributed by atoms with Crippen molar-refractivity contribution in [2.24, 2.45) is 5.92 Å². The van der Waals surface area contributed by atoms with E-state index in [1.807, 2.05) is 13.0 Å². The van der Waals surface area contributed by atoms with Gasteiger partial charge in [0.15, 0.2) is 0 Å². The highest BCUT2D eigenvalue weighted by atomic mass is 35.5. The third-order valence-corrected chi connectivity index (χ3v) is 7.70. The number of ether oxygens (including phenoxy) is 2. The summed E-state index contributed by atoms with van der Waals surface area (Å²) in [5, 5.41) is 3.51. The summed E-state index contributed by atoms with van der Waals surface area (Å²) in [6, 6.07) is 11.3. The molecule has 1 fully saturated rings. The molecule has 0 saturated carbocycles. The second-order valence-corrected chi connectivity index (χ2v) is 9.84. The summed E-state index contributed by atoms with van der Waals surface area (Å²) in [6.45, 7) is 2.47. The number of benzene rings is 2. The number of hydrogen-bond donors (Lipinski definition) is 1. The smallest absolute Gasteiger partial charge is 0.243 e. The Morgan fingerprint density at radius 1 is 1.10 bits per heavy atom. The van der Waals surface area contributed by atoms with E-state index in [0.29, 0.717) is 42.5 Å². The highest BCUT2D eigenvalue weighted by Gasteiger charge is 2.32. The van der Waals surface area contributed by atoms with Crippen molar-refractivity contribution in [1.29, 1.82) is 0 Å².